The van der Waals surface area contributed by atoms with Crippen molar-refractivity contribution in [1.82, 2.24) is 10.3 Å². The number of nitrogens with one attached hydrogen (secondary N) is 1. The van der Waals surface area contributed by atoms with E-state index in [0.717, 1.165) is 37.1 Å². The number of carbonyl (C=O) groups is 1. The van der Waals surface area contributed by atoms with Gasteiger partial charge in [0, 0.05) is 6.20 Å². The van der Waals surface area contributed by atoms with Gasteiger partial charge < -0.3 is 5.32 Å². The molecule has 4 nitrogen and oxygen atoms in total. The van der Waals surface area contributed by atoms with Crippen molar-refractivity contribution in [3.63, 3.8) is 0 Å². The lowest BCUT2D eigenvalue weighted by Gasteiger charge is -2.32. The number of nitrogens with zero attached hydrogens (tertiary/aromatic N) is 2. The van der Waals surface area contributed by atoms with Gasteiger partial charge in [-0.3, -0.25) is 4.79 Å². The van der Waals surface area contributed by atoms with E-state index in [1.807, 2.05) is 25.1 Å². The Morgan fingerprint density at radius 3 is 2.80 bits per heavy atom. The molecule has 106 valence electrons. The molecule has 1 aromatic rings. The quantitative estimate of drug-likeness (QED) is 0.866. The Morgan fingerprint density at radius 2 is 2.20 bits per heavy atom. The maximum absolute atomic E-state index is 12.3. The second-order valence-corrected chi connectivity index (χ2v) is 6.53. The molecule has 1 aliphatic carbocycles. The minimum atomic E-state index is -0.658. The molecule has 0 aliphatic heterocycles. The van der Waals surface area contributed by atoms with Gasteiger partial charge >= 0.3 is 0 Å². The van der Waals surface area contributed by atoms with Crippen LogP contribution in [0.2, 0.25) is 0 Å². The standard InChI is InChI=1S/C15H19N3OS/c1-12(20-13-7-3-6-10-17-13)14(19)18-15(11-16)8-4-2-5-9-15/h3,6-7,10,12H,2,4-5,8-9H2,1H3,(H,18,19). The second-order valence-electron chi connectivity index (χ2n) is 5.17. The minimum Gasteiger partial charge on any atom is -0.337 e. The molecule has 1 N–H and O–H groups in total. The lowest BCUT2D eigenvalue weighted by molar-refractivity contribution is -0.121. The van der Waals surface area contributed by atoms with E-state index in [-0.39, 0.29) is 11.2 Å². The summed E-state index contributed by atoms with van der Waals surface area (Å²) in [5, 5.41) is 12.9. The van der Waals surface area contributed by atoms with Crippen LogP contribution < -0.4 is 5.32 Å². The van der Waals surface area contributed by atoms with Gasteiger partial charge in [0.25, 0.3) is 0 Å². The molecule has 2 rings (SSSR count). The Morgan fingerprint density at radius 1 is 1.45 bits per heavy atom. The molecule has 1 saturated carbocycles. The number of amides is 1. The number of nitriles is 1. The summed E-state index contributed by atoms with van der Waals surface area (Å²) in [6.45, 7) is 1.85. The third kappa shape index (κ3) is 3.73. The molecule has 0 spiro atoms. The number of rotatable bonds is 4. The van der Waals surface area contributed by atoms with Crippen molar-refractivity contribution < 1.29 is 4.79 Å². The summed E-state index contributed by atoms with van der Waals surface area (Å²) in [6.07, 6.45) is 6.40. The van der Waals surface area contributed by atoms with Crippen molar-refractivity contribution in [3.05, 3.63) is 24.4 Å². The number of pyridine rings is 1. The molecule has 1 atom stereocenters. The van der Waals surface area contributed by atoms with Crippen LogP contribution in [0.3, 0.4) is 0 Å². The minimum absolute atomic E-state index is 0.0795. The zero-order valence-electron chi connectivity index (χ0n) is 11.6. The summed E-state index contributed by atoms with van der Waals surface area (Å²) in [6, 6.07) is 7.94. The molecule has 1 unspecified atom stereocenters. The third-order valence-corrected chi connectivity index (χ3v) is 4.64. The van der Waals surface area contributed by atoms with Crippen LogP contribution >= 0.6 is 11.8 Å². The number of hydrogen-bond donors (Lipinski definition) is 1. The van der Waals surface area contributed by atoms with E-state index >= 15 is 0 Å². The van der Waals surface area contributed by atoms with Gasteiger partial charge in [-0.1, -0.05) is 37.1 Å². The molecule has 1 heterocycles. The van der Waals surface area contributed by atoms with Crippen LogP contribution in [-0.2, 0) is 4.79 Å². The topological polar surface area (TPSA) is 65.8 Å². The van der Waals surface area contributed by atoms with Crippen molar-refractivity contribution >= 4 is 17.7 Å². The van der Waals surface area contributed by atoms with Gasteiger partial charge in [-0.05, 0) is 31.9 Å². The van der Waals surface area contributed by atoms with Gasteiger partial charge in [0.2, 0.25) is 5.91 Å². The van der Waals surface area contributed by atoms with Gasteiger partial charge in [0.05, 0.1) is 16.3 Å². The van der Waals surface area contributed by atoms with Gasteiger partial charge in [0.1, 0.15) is 5.54 Å². The van der Waals surface area contributed by atoms with Crippen molar-refractivity contribution in [2.75, 3.05) is 0 Å². The van der Waals surface area contributed by atoms with Crippen molar-refractivity contribution in [3.8, 4) is 6.07 Å². The fourth-order valence-electron chi connectivity index (χ4n) is 2.41. The summed E-state index contributed by atoms with van der Waals surface area (Å²) >= 11 is 1.42. The Hall–Kier alpha value is -1.54. The van der Waals surface area contributed by atoms with E-state index in [1.54, 1.807) is 6.20 Å². The summed E-state index contributed by atoms with van der Waals surface area (Å²) in [5.41, 5.74) is -0.658. The van der Waals surface area contributed by atoms with Crippen LogP contribution in [0.25, 0.3) is 0 Å². The van der Waals surface area contributed by atoms with Crippen LogP contribution in [0.15, 0.2) is 29.4 Å². The van der Waals surface area contributed by atoms with Crippen LogP contribution in [0, 0.1) is 11.3 Å². The highest BCUT2D eigenvalue weighted by molar-refractivity contribution is 8.00. The summed E-state index contributed by atoms with van der Waals surface area (Å²) in [7, 11) is 0. The SMILES string of the molecule is CC(Sc1ccccn1)C(=O)NC1(C#N)CCCCC1. The second kappa shape index (κ2) is 6.76. The van der Waals surface area contributed by atoms with Gasteiger partial charge in [-0.15, -0.1) is 0 Å². The molecule has 0 aromatic carbocycles. The fraction of sp³-hybridized carbons (Fsp3) is 0.533. The zero-order valence-corrected chi connectivity index (χ0v) is 12.4. The van der Waals surface area contributed by atoms with Gasteiger partial charge in [-0.25, -0.2) is 4.98 Å². The summed E-state index contributed by atoms with van der Waals surface area (Å²) in [5.74, 6) is -0.0795. The normalized spacial score (nSPS) is 18.8. The molecule has 1 aliphatic rings. The molecular weight excluding hydrogens is 270 g/mol. The van der Waals surface area contributed by atoms with Crippen LogP contribution in [0.4, 0.5) is 0 Å². The van der Waals surface area contributed by atoms with E-state index in [4.69, 9.17) is 0 Å². The molecule has 1 fully saturated rings. The number of carbonyl (C=O) groups excluding carboxylic acids is 1. The van der Waals surface area contributed by atoms with Crippen molar-refractivity contribution in [2.45, 2.75) is 54.8 Å². The Labute approximate surface area is 124 Å². The monoisotopic (exact) mass is 289 g/mol. The average molecular weight is 289 g/mol. The molecular formula is C15H19N3OS. The van der Waals surface area contributed by atoms with E-state index in [0.29, 0.717) is 0 Å². The summed E-state index contributed by atoms with van der Waals surface area (Å²) < 4.78 is 0. The first-order valence-electron chi connectivity index (χ1n) is 6.96. The first kappa shape index (κ1) is 14.9. The van der Waals surface area contributed by atoms with Crippen molar-refractivity contribution in [2.24, 2.45) is 0 Å². The van der Waals surface area contributed by atoms with Crippen LogP contribution in [-0.4, -0.2) is 21.7 Å². The molecule has 0 radical (unpaired) electrons. The molecule has 1 aromatic heterocycles. The van der Waals surface area contributed by atoms with E-state index < -0.39 is 5.54 Å². The molecule has 0 bridgehead atoms. The first-order chi connectivity index (χ1) is 9.65. The zero-order chi connectivity index (χ0) is 14.4. The maximum atomic E-state index is 12.3. The van der Waals surface area contributed by atoms with Crippen LogP contribution in [0.1, 0.15) is 39.0 Å². The van der Waals surface area contributed by atoms with Gasteiger partial charge in [0.15, 0.2) is 0 Å². The smallest absolute Gasteiger partial charge is 0.234 e. The lowest BCUT2D eigenvalue weighted by atomic mass is 9.83. The van der Waals surface area contributed by atoms with Gasteiger partial charge in [-0.2, -0.15) is 5.26 Å². The van der Waals surface area contributed by atoms with Crippen molar-refractivity contribution in [1.29, 1.82) is 5.26 Å². The average Bonchev–Trinajstić information content (AvgIpc) is 2.49. The third-order valence-electron chi connectivity index (χ3n) is 3.59. The fourth-order valence-corrected chi connectivity index (χ4v) is 3.22. The van der Waals surface area contributed by atoms with E-state index in [1.165, 1.54) is 11.8 Å². The largest absolute Gasteiger partial charge is 0.337 e. The molecule has 0 saturated heterocycles. The predicted molar refractivity (Wildman–Crippen MR) is 79.1 cm³/mol. The Bertz CT molecular complexity index is 492. The molecule has 5 heteroatoms. The molecule has 1 amide bonds. The number of thioether (sulfide) groups is 1. The Kier molecular flexibility index (Phi) is 5.02. The van der Waals surface area contributed by atoms with Crippen LogP contribution in [0.5, 0.6) is 0 Å². The molecule has 20 heavy (non-hydrogen) atoms. The highest BCUT2D eigenvalue weighted by Crippen LogP contribution is 2.29. The predicted octanol–water partition coefficient (Wildman–Crippen LogP) is 2.90. The lowest BCUT2D eigenvalue weighted by Crippen LogP contribution is -2.50. The van der Waals surface area contributed by atoms with E-state index in [9.17, 15) is 10.1 Å². The summed E-state index contributed by atoms with van der Waals surface area (Å²) in [4.78, 5) is 16.5. The number of hydrogen-bond acceptors (Lipinski definition) is 4. The van der Waals surface area contributed by atoms with E-state index in [2.05, 4.69) is 16.4 Å². The maximum Gasteiger partial charge on any atom is 0.234 e. The first-order valence-corrected chi connectivity index (χ1v) is 7.84. The Balaban J connectivity index is 1.95. The highest BCUT2D eigenvalue weighted by Gasteiger charge is 2.34. The number of aromatic nitrogens is 1. The highest BCUT2D eigenvalue weighted by atomic mass is 32.2.